The predicted octanol–water partition coefficient (Wildman–Crippen LogP) is 2.10. The van der Waals surface area contributed by atoms with Crippen molar-refractivity contribution in [2.24, 2.45) is 5.73 Å². The maximum atomic E-state index is 8.66. The molecule has 0 aliphatic carbocycles. The Balaban J connectivity index is 2.99. The van der Waals surface area contributed by atoms with Crippen molar-refractivity contribution in [1.29, 1.82) is 5.26 Å². The van der Waals surface area contributed by atoms with Crippen LogP contribution in [0.5, 0.6) is 0 Å². The number of nitrogens with zero attached hydrogens (tertiary/aromatic N) is 1. The minimum absolute atomic E-state index is 0.0615. The third-order valence-electron chi connectivity index (χ3n) is 1.72. The van der Waals surface area contributed by atoms with Crippen LogP contribution in [0.15, 0.2) is 18.2 Å². The van der Waals surface area contributed by atoms with Gasteiger partial charge in [0.2, 0.25) is 0 Å². The molecule has 1 unspecified atom stereocenters. The van der Waals surface area contributed by atoms with Crippen LogP contribution in [0.1, 0.15) is 18.1 Å². The highest BCUT2D eigenvalue weighted by molar-refractivity contribution is 6.31. The zero-order chi connectivity index (χ0) is 9.84. The van der Waals surface area contributed by atoms with Gasteiger partial charge in [-0.3, -0.25) is 0 Å². The minimum atomic E-state index is 0.0615. The van der Waals surface area contributed by atoms with Gasteiger partial charge in [0.15, 0.2) is 0 Å². The molecule has 0 aromatic heterocycles. The molecule has 1 atom stereocenters. The van der Waals surface area contributed by atoms with Crippen molar-refractivity contribution in [3.05, 3.63) is 34.3 Å². The largest absolute Gasteiger partial charge is 0.328 e. The Morgan fingerprint density at radius 3 is 2.85 bits per heavy atom. The van der Waals surface area contributed by atoms with E-state index in [-0.39, 0.29) is 6.04 Å². The molecule has 68 valence electrons. The summed E-state index contributed by atoms with van der Waals surface area (Å²) in [6.45, 7) is 1.91. The van der Waals surface area contributed by atoms with Gasteiger partial charge in [-0.05, 0) is 37.1 Å². The molecule has 0 saturated heterocycles. The number of rotatable bonds is 2. The van der Waals surface area contributed by atoms with Crippen LogP contribution in [-0.2, 0) is 6.42 Å². The highest BCUT2D eigenvalue weighted by atomic mass is 35.5. The first-order chi connectivity index (χ1) is 6.13. The first-order valence-corrected chi connectivity index (χ1v) is 4.45. The zero-order valence-electron chi connectivity index (χ0n) is 7.42. The van der Waals surface area contributed by atoms with E-state index in [2.05, 4.69) is 6.07 Å². The molecule has 0 amide bonds. The van der Waals surface area contributed by atoms with Gasteiger partial charge in [-0.15, -0.1) is 0 Å². The third-order valence-corrected chi connectivity index (χ3v) is 2.09. The smallest absolute Gasteiger partial charge is 0.0991 e. The van der Waals surface area contributed by atoms with Crippen LogP contribution in [0.25, 0.3) is 0 Å². The van der Waals surface area contributed by atoms with Crippen molar-refractivity contribution in [3.8, 4) is 6.07 Å². The van der Waals surface area contributed by atoms with Gasteiger partial charge in [0.25, 0.3) is 0 Å². The summed E-state index contributed by atoms with van der Waals surface area (Å²) in [4.78, 5) is 0. The van der Waals surface area contributed by atoms with Gasteiger partial charge in [-0.1, -0.05) is 11.6 Å². The molecule has 1 rings (SSSR count). The highest BCUT2D eigenvalue weighted by Crippen LogP contribution is 2.18. The second-order valence-corrected chi connectivity index (χ2v) is 3.51. The average molecular weight is 195 g/mol. The fourth-order valence-corrected chi connectivity index (χ4v) is 1.34. The number of nitriles is 1. The molecule has 0 aliphatic heterocycles. The van der Waals surface area contributed by atoms with E-state index < -0.39 is 0 Å². The van der Waals surface area contributed by atoms with E-state index >= 15 is 0 Å². The quantitative estimate of drug-likeness (QED) is 0.784. The number of benzene rings is 1. The Kier molecular flexibility index (Phi) is 3.30. The minimum Gasteiger partial charge on any atom is -0.328 e. The fraction of sp³-hybridized carbons (Fsp3) is 0.300. The van der Waals surface area contributed by atoms with Crippen LogP contribution in [0.3, 0.4) is 0 Å². The van der Waals surface area contributed by atoms with E-state index in [0.717, 1.165) is 5.56 Å². The summed E-state index contributed by atoms with van der Waals surface area (Å²) >= 11 is 5.93. The zero-order valence-corrected chi connectivity index (χ0v) is 8.17. The van der Waals surface area contributed by atoms with Crippen molar-refractivity contribution in [3.63, 3.8) is 0 Å². The molecular formula is C10H11ClN2. The lowest BCUT2D eigenvalue weighted by molar-refractivity contribution is 0.738. The Morgan fingerprint density at radius 1 is 1.62 bits per heavy atom. The fourth-order valence-electron chi connectivity index (χ4n) is 1.15. The number of halogens is 1. The van der Waals surface area contributed by atoms with Crippen molar-refractivity contribution in [2.75, 3.05) is 0 Å². The summed E-state index contributed by atoms with van der Waals surface area (Å²) in [6.07, 6.45) is 0.703. The first-order valence-electron chi connectivity index (χ1n) is 4.07. The van der Waals surface area contributed by atoms with Gasteiger partial charge >= 0.3 is 0 Å². The molecule has 0 radical (unpaired) electrons. The lowest BCUT2D eigenvalue weighted by Gasteiger charge is -2.07. The van der Waals surface area contributed by atoms with Gasteiger partial charge < -0.3 is 5.73 Å². The monoisotopic (exact) mass is 194 g/mol. The Labute approximate surface area is 82.9 Å². The summed E-state index contributed by atoms with van der Waals surface area (Å²) < 4.78 is 0. The maximum absolute atomic E-state index is 8.66. The van der Waals surface area contributed by atoms with E-state index in [9.17, 15) is 0 Å². The second kappa shape index (κ2) is 4.27. The molecule has 1 aromatic carbocycles. The second-order valence-electron chi connectivity index (χ2n) is 3.10. The highest BCUT2D eigenvalue weighted by Gasteiger charge is 2.04. The van der Waals surface area contributed by atoms with Crippen LogP contribution in [0, 0.1) is 11.3 Å². The summed E-state index contributed by atoms with van der Waals surface area (Å²) in [5, 5.41) is 9.34. The molecule has 1 aromatic rings. The molecule has 0 saturated carbocycles. The molecule has 0 fully saturated rings. The van der Waals surface area contributed by atoms with Crippen molar-refractivity contribution < 1.29 is 0 Å². The average Bonchev–Trinajstić information content (AvgIpc) is 2.08. The Hall–Kier alpha value is -1.04. The van der Waals surface area contributed by atoms with Crippen LogP contribution in [0.2, 0.25) is 5.02 Å². The maximum Gasteiger partial charge on any atom is 0.0991 e. The van der Waals surface area contributed by atoms with Crippen LogP contribution in [-0.4, -0.2) is 6.04 Å². The molecule has 2 nitrogen and oxygen atoms in total. The SMILES string of the molecule is CC(N)Cc1cc(C#N)ccc1Cl. The summed E-state index contributed by atoms with van der Waals surface area (Å²) in [6, 6.07) is 7.35. The van der Waals surface area contributed by atoms with Gasteiger partial charge in [0, 0.05) is 11.1 Å². The molecule has 3 heteroatoms. The van der Waals surface area contributed by atoms with E-state index in [4.69, 9.17) is 22.6 Å². The molecule has 0 aliphatic rings. The van der Waals surface area contributed by atoms with E-state index in [1.807, 2.05) is 6.92 Å². The van der Waals surface area contributed by atoms with E-state index in [0.29, 0.717) is 17.0 Å². The lowest BCUT2D eigenvalue weighted by atomic mass is 10.1. The van der Waals surface area contributed by atoms with E-state index in [1.54, 1.807) is 18.2 Å². The van der Waals surface area contributed by atoms with Gasteiger partial charge in [0.1, 0.15) is 0 Å². The molecule has 13 heavy (non-hydrogen) atoms. The number of nitrogens with two attached hydrogens (primary N) is 1. The molecule has 0 bridgehead atoms. The number of hydrogen-bond acceptors (Lipinski definition) is 2. The number of hydrogen-bond donors (Lipinski definition) is 1. The lowest BCUT2D eigenvalue weighted by Crippen LogP contribution is -2.18. The normalized spacial score (nSPS) is 12.2. The van der Waals surface area contributed by atoms with Gasteiger partial charge in [-0.2, -0.15) is 5.26 Å². The topological polar surface area (TPSA) is 49.8 Å². The Morgan fingerprint density at radius 2 is 2.31 bits per heavy atom. The standard InChI is InChI=1S/C10H11ClN2/c1-7(13)4-9-5-8(6-12)2-3-10(9)11/h2-3,5,7H,4,13H2,1H3. The summed E-state index contributed by atoms with van der Waals surface area (Å²) in [5.41, 5.74) is 7.21. The summed E-state index contributed by atoms with van der Waals surface area (Å²) in [7, 11) is 0. The first kappa shape index (κ1) is 10.0. The van der Waals surface area contributed by atoms with Crippen LogP contribution in [0.4, 0.5) is 0 Å². The third kappa shape index (κ3) is 2.73. The molecule has 0 heterocycles. The van der Waals surface area contributed by atoms with Crippen LogP contribution >= 0.6 is 11.6 Å². The Bertz CT molecular complexity index is 339. The van der Waals surface area contributed by atoms with E-state index in [1.165, 1.54) is 0 Å². The van der Waals surface area contributed by atoms with Crippen molar-refractivity contribution in [2.45, 2.75) is 19.4 Å². The van der Waals surface area contributed by atoms with Gasteiger partial charge in [0.05, 0.1) is 11.6 Å². The predicted molar refractivity (Wildman–Crippen MR) is 53.5 cm³/mol. The molecule has 2 N–H and O–H groups in total. The summed E-state index contributed by atoms with van der Waals surface area (Å²) in [5.74, 6) is 0. The molecule has 0 spiro atoms. The van der Waals surface area contributed by atoms with Crippen LogP contribution < -0.4 is 5.73 Å². The van der Waals surface area contributed by atoms with Crippen molar-refractivity contribution >= 4 is 11.6 Å². The van der Waals surface area contributed by atoms with Crippen molar-refractivity contribution in [1.82, 2.24) is 0 Å². The van der Waals surface area contributed by atoms with Gasteiger partial charge in [-0.25, -0.2) is 0 Å². The molecular weight excluding hydrogens is 184 g/mol.